The second-order valence-electron chi connectivity index (χ2n) is 3.52. The maximum atomic E-state index is 13.4. The summed E-state index contributed by atoms with van der Waals surface area (Å²) in [6.07, 6.45) is 3.81. The molecule has 0 aliphatic heterocycles. The Labute approximate surface area is 79.9 Å². The molecule has 4 heteroatoms. The Hall–Kier alpha value is -1.58. The van der Waals surface area contributed by atoms with Crippen LogP contribution in [0.5, 0.6) is 5.75 Å². The Balaban J connectivity index is 2.07. The van der Waals surface area contributed by atoms with Gasteiger partial charge in [-0.3, -0.25) is 0 Å². The molecule has 72 valence electrons. The summed E-state index contributed by atoms with van der Waals surface area (Å²) in [5.41, 5.74) is 1.44. The number of imidazole rings is 1. The summed E-state index contributed by atoms with van der Waals surface area (Å²) in [5.74, 6) is -0.0132. The fourth-order valence-corrected chi connectivity index (χ4v) is 1.39. The van der Waals surface area contributed by atoms with E-state index in [1.165, 1.54) is 6.07 Å². The Kier molecular flexibility index (Phi) is 1.50. The Bertz CT molecular complexity index is 476. The lowest BCUT2D eigenvalue weighted by Crippen LogP contribution is -1.98. The average molecular weight is 192 g/mol. The zero-order valence-electron chi connectivity index (χ0n) is 7.46. The first-order valence-corrected chi connectivity index (χ1v) is 4.62. The quantitative estimate of drug-likeness (QED) is 0.792. The predicted molar refractivity (Wildman–Crippen MR) is 49.7 cm³/mol. The van der Waals surface area contributed by atoms with Gasteiger partial charge in [0, 0.05) is 12.1 Å². The third kappa shape index (κ3) is 1.23. The third-order valence-corrected chi connectivity index (χ3v) is 2.29. The molecule has 1 fully saturated rings. The molecule has 1 heterocycles. The number of aromatic amines is 1. The first-order valence-electron chi connectivity index (χ1n) is 4.62. The average Bonchev–Trinajstić information content (AvgIpc) is 2.85. The molecule has 2 aromatic rings. The smallest absolute Gasteiger partial charge is 0.167 e. The summed E-state index contributed by atoms with van der Waals surface area (Å²) in [7, 11) is 0. The third-order valence-electron chi connectivity index (χ3n) is 2.29. The van der Waals surface area contributed by atoms with Gasteiger partial charge >= 0.3 is 0 Å². The summed E-state index contributed by atoms with van der Waals surface area (Å²) in [4.78, 5) is 6.90. The van der Waals surface area contributed by atoms with E-state index in [1.54, 1.807) is 12.4 Å². The fourth-order valence-electron chi connectivity index (χ4n) is 1.39. The molecule has 0 radical (unpaired) electrons. The van der Waals surface area contributed by atoms with Crippen molar-refractivity contribution in [2.45, 2.75) is 18.9 Å². The fraction of sp³-hybridized carbons (Fsp3) is 0.300. The number of ether oxygens (including phenoxy) is 1. The minimum atomic E-state index is -0.325. The van der Waals surface area contributed by atoms with Crippen LogP contribution in [0.15, 0.2) is 18.5 Å². The van der Waals surface area contributed by atoms with Crippen molar-refractivity contribution in [2.75, 3.05) is 0 Å². The molecule has 1 N–H and O–H groups in total. The highest BCUT2D eigenvalue weighted by Crippen LogP contribution is 2.30. The molecule has 1 aromatic heterocycles. The van der Waals surface area contributed by atoms with E-state index in [9.17, 15) is 4.39 Å². The monoisotopic (exact) mass is 192 g/mol. The molecule has 3 nitrogen and oxygen atoms in total. The maximum absolute atomic E-state index is 13.4. The van der Waals surface area contributed by atoms with Gasteiger partial charge in [-0.1, -0.05) is 0 Å². The minimum absolute atomic E-state index is 0.209. The molecule has 1 saturated carbocycles. The van der Waals surface area contributed by atoms with Gasteiger partial charge in [0.2, 0.25) is 0 Å². The molecule has 0 bridgehead atoms. The molecule has 0 saturated heterocycles. The van der Waals surface area contributed by atoms with Gasteiger partial charge in [0.15, 0.2) is 11.6 Å². The van der Waals surface area contributed by atoms with Crippen molar-refractivity contribution >= 4 is 11.0 Å². The highest BCUT2D eigenvalue weighted by molar-refractivity contribution is 5.76. The molecule has 3 rings (SSSR count). The highest BCUT2D eigenvalue weighted by Gasteiger charge is 2.25. The number of hydrogen-bond acceptors (Lipinski definition) is 2. The number of hydrogen-bond donors (Lipinski definition) is 1. The Morgan fingerprint density at radius 3 is 3.07 bits per heavy atom. The summed E-state index contributed by atoms with van der Waals surface area (Å²) in [6, 6.07) is 3.06. The Morgan fingerprint density at radius 2 is 2.29 bits per heavy atom. The number of aromatic nitrogens is 2. The minimum Gasteiger partial charge on any atom is -0.487 e. The van der Waals surface area contributed by atoms with Crippen LogP contribution >= 0.6 is 0 Å². The number of fused-ring (bicyclic) bond motifs is 1. The van der Waals surface area contributed by atoms with Crippen LogP contribution in [-0.2, 0) is 0 Å². The van der Waals surface area contributed by atoms with Gasteiger partial charge < -0.3 is 9.72 Å². The van der Waals surface area contributed by atoms with Crippen LogP contribution in [0.4, 0.5) is 4.39 Å². The number of halogens is 1. The number of H-pyrrole nitrogens is 1. The van der Waals surface area contributed by atoms with Crippen LogP contribution in [0.3, 0.4) is 0 Å². The SMILES string of the molecule is Fc1cc2[nH]cnc2cc1OC1CC1. The molecule has 1 aliphatic carbocycles. The van der Waals surface area contributed by atoms with E-state index in [0.29, 0.717) is 11.3 Å². The lowest BCUT2D eigenvalue weighted by molar-refractivity contribution is 0.288. The summed E-state index contributed by atoms with van der Waals surface area (Å²) in [5, 5.41) is 0. The summed E-state index contributed by atoms with van der Waals surface area (Å²) >= 11 is 0. The van der Waals surface area contributed by atoms with Crippen molar-refractivity contribution in [3.8, 4) is 5.75 Å². The van der Waals surface area contributed by atoms with Gasteiger partial charge in [-0.25, -0.2) is 9.37 Å². The number of nitrogens with zero attached hydrogens (tertiary/aromatic N) is 1. The van der Waals surface area contributed by atoms with E-state index < -0.39 is 0 Å². The lowest BCUT2D eigenvalue weighted by atomic mass is 10.3. The standard InChI is InChI=1S/C10H9FN2O/c11-7-3-8-9(13-5-12-8)4-10(7)14-6-1-2-6/h3-6H,1-2H2,(H,12,13). The van der Waals surface area contributed by atoms with Crippen molar-refractivity contribution in [3.05, 3.63) is 24.3 Å². The van der Waals surface area contributed by atoms with Crippen molar-refractivity contribution in [3.63, 3.8) is 0 Å². The van der Waals surface area contributed by atoms with Crippen LogP contribution < -0.4 is 4.74 Å². The van der Waals surface area contributed by atoms with Gasteiger partial charge in [0.25, 0.3) is 0 Å². The summed E-state index contributed by atoms with van der Waals surface area (Å²) < 4.78 is 18.8. The first kappa shape index (κ1) is 7.79. The largest absolute Gasteiger partial charge is 0.487 e. The zero-order chi connectivity index (χ0) is 9.54. The maximum Gasteiger partial charge on any atom is 0.167 e. The summed E-state index contributed by atoms with van der Waals surface area (Å²) in [6.45, 7) is 0. The van der Waals surface area contributed by atoms with Gasteiger partial charge in [-0.15, -0.1) is 0 Å². The topological polar surface area (TPSA) is 37.9 Å². The van der Waals surface area contributed by atoms with Crippen LogP contribution in [0, 0.1) is 5.82 Å². The molecule has 0 spiro atoms. The van der Waals surface area contributed by atoms with Crippen molar-refractivity contribution in [1.82, 2.24) is 9.97 Å². The molecule has 1 aromatic carbocycles. The predicted octanol–water partition coefficient (Wildman–Crippen LogP) is 2.24. The van der Waals surface area contributed by atoms with E-state index in [0.717, 1.165) is 18.4 Å². The molecule has 0 amide bonds. The molecule has 1 aliphatic rings. The van der Waals surface area contributed by atoms with Gasteiger partial charge in [0.1, 0.15) is 0 Å². The van der Waals surface area contributed by atoms with Crippen LogP contribution in [0.25, 0.3) is 11.0 Å². The van der Waals surface area contributed by atoms with Crippen molar-refractivity contribution in [1.29, 1.82) is 0 Å². The van der Waals surface area contributed by atoms with Gasteiger partial charge in [-0.2, -0.15) is 0 Å². The van der Waals surface area contributed by atoms with Crippen LogP contribution in [-0.4, -0.2) is 16.1 Å². The van der Waals surface area contributed by atoms with Crippen LogP contribution in [0.1, 0.15) is 12.8 Å². The second kappa shape index (κ2) is 2.70. The van der Waals surface area contributed by atoms with E-state index >= 15 is 0 Å². The van der Waals surface area contributed by atoms with E-state index in [1.807, 2.05) is 0 Å². The normalized spacial score (nSPS) is 16.1. The molecular weight excluding hydrogens is 183 g/mol. The molecule has 14 heavy (non-hydrogen) atoms. The van der Waals surface area contributed by atoms with Crippen LogP contribution in [0.2, 0.25) is 0 Å². The highest BCUT2D eigenvalue weighted by atomic mass is 19.1. The first-order chi connectivity index (χ1) is 6.83. The molecule has 0 atom stereocenters. The number of nitrogens with one attached hydrogen (secondary N) is 1. The molecule has 0 unspecified atom stereocenters. The van der Waals surface area contributed by atoms with E-state index in [-0.39, 0.29) is 11.9 Å². The number of benzene rings is 1. The number of rotatable bonds is 2. The van der Waals surface area contributed by atoms with Crippen molar-refractivity contribution < 1.29 is 9.13 Å². The van der Waals surface area contributed by atoms with E-state index in [4.69, 9.17) is 4.74 Å². The van der Waals surface area contributed by atoms with E-state index in [2.05, 4.69) is 9.97 Å². The molecular formula is C10H9FN2O. The lowest BCUT2D eigenvalue weighted by Gasteiger charge is -2.04. The van der Waals surface area contributed by atoms with Gasteiger partial charge in [-0.05, 0) is 12.8 Å². The zero-order valence-corrected chi connectivity index (χ0v) is 7.46. The second-order valence-corrected chi connectivity index (χ2v) is 3.52. The van der Waals surface area contributed by atoms with Crippen molar-refractivity contribution in [2.24, 2.45) is 0 Å². The Morgan fingerprint density at radius 1 is 1.43 bits per heavy atom. The van der Waals surface area contributed by atoms with Gasteiger partial charge in [0.05, 0.1) is 23.5 Å².